The normalized spacial score (nSPS) is 22.9. The molecule has 1 N–H and O–H groups in total. The van der Waals surface area contributed by atoms with Crippen LogP contribution >= 0.6 is 24.0 Å². The predicted molar refractivity (Wildman–Crippen MR) is 124 cm³/mol. The Labute approximate surface area is 190 Å². The predicted octanol–water partition coefficient (Wildman–Crippen LogP) is 1.95. The smallest absolute Gasteiger partial charge is 0.310 e. The zero-order valence-electron chi connectivity index (χ0n) is 17.6. The van der Waals surface area contributed by atoms with Crippen LogP contribution in [-0.4, -0.2) is 75.3 Å². The molecular formula is C21H33IN4O3. The third-order valence-electron chi connectivity index (χ3n) is 5.68. The summed E-state index contributed by atoms with van der Waals surface area (Å²) in [5, 5.41) is 3.48. The Hall–Kier alpha value is -1.39. The summed E-state index contributed by atoms with van der Waals surface area (Å²) in [7, 11) is 3.24. The average Bonchev–Trinajstić information content (AvgIpc) is 3.11. The van der Waals surface area contributed by atoms with Gasteiger partial charge in [0, 0.05) is 46.3 Å². The van der Waals surface area contributed by atoms with E-state index in [0.717, 1.165) is 45.4 Å². The summed E-state index contributed by atoms with van der Waals surface area (Å²) in [6.07, 6.45) is 0. The molecule has 7 nitrogen and oxygen atoms in total. The van der Waals surface area contributed by atoms with E-state index in [9.17, 15) is 4.79 Å². The number of nitrogens with one attached hydrogen (secondary N) is 1. The Morgan fingerprint density at radius 1 is 1.24 bits per heavy atom. The second kappa shape index (κ2) is 11.7. The van der Waals surface area contributed by atoms with Crippen LogP contribution in [0.1, 0.15) is 18.1 Å². The van der Waals surface area contributed by atoms with E-state index < -0.39 is 0 Å². The second-order valence-corrected chi connectivity index (χ2v) is 7.57. The molecule has 0 amide bonds. The zero-order chi connectivity index (χ0) is 19.9. The van der Waals surface area contributed by atoms with E-state index in [0.29, 0.717) is 13.1 Å². The molecule has 3 rings (SSSR count). The van der Waals surface area contributed by atoms with Crippen LogP contribution < -0.4 is 5.32 Å². The number of nitrogens with zero attached hydrogens (tertiary/aromatic N) is 3. The highest BCUT2D eigenvalue weighted by Crippen LogP contribution is 2.24. The summed E-state index contributed by atoms with van der Waals surface area (Å²) < 4.78 is 10.4. The first-order valence-corrected chi connectivity index (χ1v) is 10.0. The Morgan fingerprint density at radius 2 is 1.93 bits per heavy atom. The fourth-order valence-corrected chi connectivity index (χ4v) is 3.99. The van der Waals surface area contributed by atoms with Crippen LogP contribution in [0.15, 0.2) is 29.3 Å². The molecular weight excluding hydrogens is 483 g/mol. The van der Waals surface area contributed by atoms with Gasteiger partial charge in [0.05, 0.1) is 26.2 Å². The van der Waals surface area contributed by atoms with Crippen molar-refractivity contribution in [1.29, 1.82) is 0 Å². The molecule has 0 aliphatic carbocycles. The highest BCUT2D eigenvalue weighted by atomic mass is 127. The van der Waals surface area contributed by atoms with Crippen molar-refractivity contribution in [2.45, 2.75) is 20.0 Å². The second-order valence-electron chi connectivity index (χ2n) is 7.57. The number of ether oxygens (including phenoxy) is 2. The third kappa shape index (κ3) is 6.29. The Bertz CT molecular complexity index is 694. The number of guanidine groups is 1. The molecule has 8 heteroatoms. The molecule has 2 saturated heterocycles. The van der Waals surface area contributed by atoms with E-state index in [1.807, 2.05) is 0 Å². The lowest BCUT2D eigenvalue weighted by atomic mass is 9.99. The fourth-order valence-electron chi connectivity index (χ4n) is 3.99. The fraction of sp³-hybridized carbons (Fsp3) is 0.619. The van der Waals surface area contributed by atoms with E-state index >= 15 is 0 Å². The van der Waals surface area contributed by atoms with Crippen molar-refractivity contribution in [3.8, 4) is 0 Å². The average molecular weight is 516 g/mol. The summed E-state index contributed by atoms with van der Waals surface area (Å²) in [5.41, 5.74) is 2.60. The van der Waals surface area contributed by atoms with Crippen molar-refractivity contribution in [2.75, 3.05) is 53.6 Å². The van der Waals surface area contributed by atoms with Crippen molar-refractivity contribution in [2.24, 2.45) is 16.8 Å². The van der Waals surface area contributed by atoms with Crippen molar-refractivity contribution < 1.29 is 14.3 Å². The van der Waals surface area contributed by atoms with Crippen molar-refractivity contribution in [3.05, 3.63) is 35.4 Å². The monoisotopic (exact) mass is 516 g/mol. The lowest BCUT2D eigenvalue weighted by molar-refractivity contribution is -0.145. The summed E-state index contributed by atoms with van der Waals surface area (Å²) in [4.78, 5) is 21.0. The Morgan fingerprint density at radius 3 is 2.59 bits per heavy atom. The van der Waals surface area contributed by atoms with Gasteiger partial charge in [-0.05, 0) is 17.0 Å². The number of benzene rings is 1. The van der Waals surface area contributed by atoms with Crippen LogP contribution in [-0.2, 0) is 27.4 Å². The Kier molecular flexibility index (Phi) is 9.64. The van der Waals surface area contributed by atoms with Crippen LogP contribution in [0.25, 0.3) is 0 Å². The van der Waals surface area contributed by atoms with E-state index in [-0.39, 0.29) is 41.8 Å². The number of carbonyl (C=O) groups excluding carboxylic acids is 1. The number of aliphatic imine (C=N–C) groups is 1. The molecule has 2 unspecified atom stereocenters. The number of rotatable bonds is 5. The molecule has 0 aromatic heterocycles. The van der Waals surface area contributed by atoms with Crippen molar-refractivity contribution in [3.63, 3.8) is 0 Å². The van der Waals surface area contributed by atoms with Gasteiger partial charge in [0.1, 0.15) is 0 Å². The van der Waals surface area contributed by atoms with Gasteiger partial charge in [-0.2, -0.15) is 0 Å². The number of halogens is 1. The minimum atomic E-state index is -0.138. The van der Waals surface area contributed by atoms with Crippen LogP contribution in [0.3, 0.4) is 0 Å². The van der Waals surface area contributed by atoms with Crippen LogP contribution in [0.4, 0.5) is 0 Å². The summed E-state index contributed by atoms with van der Waals surface area (Å²) >= 11 is 0. The van der Waals surface area contributed by atoms with Gasteiger partial charge < -0.3 is 19.7 Å². The van der Waals surface area contributed by atoms with Gasteiger partial charge in [-0.3, -0.25) is 14.7 Å². The van der Waals surface area contributed by atoms with Gasteiger partial charge in [-0.25, -0.2) is 0 Å². The zero-order valence-corrected chi connectivity index (χ0v) is 19.9. The van der Waals surface area contributed by atoms with Gasteiger partial charge in [0.2, 0.25) is 0 Å². The quantitative estimate of drug-likeness (QED) is 0.280. The van der Waals surface area contributed by atoms with Gasteiger partial charge in [-0.1, -0.05) is 31.2 Å². The first kappa shape index (κ1) is 23.9. The van der Waals surface area contributed by atoms with E-state index in [1.54, 1.807) is 7.05 Å². The summed E-state index contributed by atoms with van der Waals surface area (Å²) in [6, 6.07) is 8.53. The van der Waals surface area contributed by atoms with Crippen molar-refractivity contribution in [1.82, 2.24) is 15.1 Å². The third-order valence-corrected chi connectivity index (χ3v) is 5.68. The molecule has 0 bridgehead atoms. The topological polar surface area (TPSA) is 66.4 Å². The number of esters is 1. The maximum absolute atomic E-state index is 12.0. The van der Waals surface area contributed by atoms with E-state index in [4.69, 9.17) is 9.47 Å². The number of methoxy groups -OCH3 is 1. The molecule has 162 valence electrons. The van der Waals surface area contributed by atoms with Gasteiger partial charge in [-0.15, -0.1) is 24.0 Å². The summed E-state index contributed by atoms with van der Waals surface area (Å²) in [5.74, 6) is 0.845. The number of hydrogen-bond acceptors (Lipinski definition) is 5. The molecule has 2 heterocycles. The standard InChI is InChI=1S/C21H32N4O3.HI/c1-16-13-25(15-19(16)20(26)27-3)21(22-2)23-12-17-6-4-5-7-18(17)14-24-8-10-28-11-9-24;/h4-7,16,19H,8-15H2,1-3H3,(H,22,23);1H. The lowest BCUT2D eigenvalue weighted by Gasteiger charge is -2.28. The highest BCUT2D eigenvalue weighted by molar-refractivity contribution is 14.0. The molecule has 2 atom stereocenters. The maximum Gasteiger partial charge on any atom is 0.310 e. The Balaban J connectivity index is 0.00000300. The number of morpholine rings is 1. The lowest BCUT2D eigenvalue weighted by Crippen LogP contribution is -2.40. The number of hydrogen-bond donors (Lipinski definition) is 1. The molecule has 2 fully saturated rings. The van der Waals surface area contributed by atoms with E-state index in [2.05, 4.69) is 51.3 Å². The molecule has 0 spiro atoms. The summed E-state index contributed by atoms with van der Waals surface area (Å²) in [6.45, 7) is 8.74. The van der Waals surface area contributed by atoms with Crippen molar-refractivity contribution >= 4 is 35.9 Å². The van der Waals surface area contributed by atoms with Gasteiger partial charge in [0.25, 0.3) is 0 Å². The van der Waals surface area contributed by atoms with Gasteiger partial charge in [0.15, 0.2) is 5.96 Å². The van der Waals surface area contributed by atoms with E-state index in [1.165, 1.54) is 18.2 Å². The highest BCUT2D eigenvalue weighted by Gasteiger charge is 2.36. The minimum Gasteiger partial charge on any atom is -0.469 e. The molecule has 1 aromatic rings. The maximum atomic E-state index is 12.0. The molecule has 0 radical (unpaired) electrons. The minimum absolute atomic E-state index is 0. The number of carbonyl (C=O) groups is 1. The van der Waals surface area contributed by atoms with Crippen LogP contribution in [0.2, 0.25) is 0 Å². The SMILES string of the molecule is CN=C(NCc1ccccc1CN1CCOCC1)N1CC(C)C(C(=O)OC)C1.I. The van der Waals surface area contributed by atoms with Crippen LogP contribution in [0.5, 0.6) is 0 Å². The molecule has 0 saturated carbocycles. The van der Waals surface area contributed by atoms with Gasteiger partial charge >= 0.3 is 5.97 Å². The molecule has 2 aliphatic heterocycles. The first-order valence-electron chi connectivity index (χ1n) is 10.0. The molecule has 2 aliphatic rings. The van der Waals surface area contributed by atoms with Crippen LogP contribution in [0, 0.1) is 11.8 Å². The first-order chi connectivity index (χ1) is 13.6. The molecule has 1 aromatic carbocycles. The molecule has 29 heavy (non-hydrogen) atoms. The number of likely N-dealkylation sites (tertiary alicyclic amines) is 1. The largest absolute Gasteiger partial charge is 0.469 e.